The van der Waals surface area contributed by atoms with Crippen molar-refractivity contribution in [3.05, 3.63) is 23.9 Å². The summed E-state index contributed by atoms with van der Waals surface area (Å²) in [4.78, 5) is 15.4. The molecule has 130 valence electrons. The minimum absolute atomic E-state index is 0.153. The average molecular weight is 321 g/mol. The number of hydrogen-bond donors (Lipinski definition) is 1. The Morgan fingerprint density at radius 2 is 1.91 bits per heavy atom. The summed E-state index contributed by atoms with van der Waals surface area (Å²) in [5.41, 5.74) is 0.619. The van der Waals surface area contributed by atoms with Crippen LogP contribution in [0.5, 0.6) is 5.88 Å². The lowest BCUT2D eigenvalue weighted by Crippen LogP contribution is -2.13. The zero-order chi connectivity index (χ0) is 17.1. The molecule has 0 aliphatic heterocycles. The van der Waals surface area contributed by atoms with Crippen LogP contribution < -0.4 is 4.74 Å². The molecule has 0 saturated carbocycles. The lowest BCUT2D eigenvalue weighted by atomic mass is 9.99. The third kappa shape index (κ3) is 8.12. The lowest BCUT2D eigenvalue weighted by Gasteiger charge is -2.16. The number of ether oxygens (including phenoxy) is 1. The molecule has 1 rings (SSSR count). The maximum Gasteiger partial charge on any atom is 0.213 e. The van der Waals surface area contributed by atoms with Crippen molar-refractivity contribution >= 4 is 5.78 Å². The number of aliphatic hydroxyl groups is 1. The van der Waals surface area contributed by atoms with Gasteiger partial charge >= 0.3 is 0 Å². The Morgan fingerprint density at radius 3 is 2.52 bits per heavy atom. The molecule has 0 aliphatic rings. The van der Waals surface area contributed by atoms with Crippen LogP contribution in [0.15, 0.2) is 18.2 Å². The van der Waals surface area contributed by atoms with E-state index in [1.165, 1.54) is 12.8 Å². The highest BCUT2D eigenvalue weighted by Crippen LogP contribution is 2.21. The van der Waals surface area contributed by atoms with Crippen molar-refractivity contribution < 1.29 is 14.6 Å². The van der Waals surface area contributed by atoms with Crippen molar-refractivity contribution in [3.8, 4) is 5.88 Å². The smallest absolute Gasteiger partial charge is 0.213 e. The number of aromatic nitrogens is 1. The highest BCUT2D eigenvalue weighted by molar-refractivity contribution is 5.75. The number of nitrogens with zero attached hydrogens (tertiary/aromatic N) is 1. The molecule has 0 amide bonds. The fourth-order valence-corrected chi connectivity index (χ4v) is 2.72. The second-order valence-electron chi connectivity index (χ2n) is 6.27. The molecule has 23 heavy (non-hydrogen) atoms. The third-order valence-corrected chi connectivity index (χ3v) is 3.95. The Hall–Kier alpha value is -1.42. The number of Topliss-reactive ketones (excluding diaryl/α,β-unsaturated/α-hetero) is 1. The Balaban J connectivity index is 2.53. The summed E-state index contributed by atoms with van der Waals surface area (Å²) >= 11 is 0. The SMILES string of the molecule is CCCC(CCC)COc1cccc(C(O)CCCC(C)=O)n1. The molecule has 1 aromatic heterocycles. The topological polar surface area (TPSA) is 59.4 Å². The van der Waals surface area contributed by atoms with Gasteiger partial charge < -0.3 is 14.6 Å². The largest absolute Gasteiger partial charge is 0.477 e. The fraction of sp³-hybridized carbons (Fsp3) is 0.684. The molecule has 4 heteroatoms. The quantitative estimate of drug-likeness (QED) is 0.617. The van der Waals surface area contributed by atoms with Crippen LogP contribution in [0.3, 0.4) is 0 Å². The average Bonchev–Trinajstić information content (AvgIpc) is 2.53. The monoisotopic (exact) mass is 321 g/mol. The van der Waals surface area contributed by atoms with Gasteiger partial charge in [0.15, 0.2) is 0 Å². The number of aliphatic hydroxyl groups excluding tert-OH is 1. The van der Waals surface area contributed by atoms with Crippen LogP contribution in [0, 0.1) is 5.92 Å². The molecular formula is C19H31NO3. The standard InChI is InChI=1S/C19H31NO3/c1-4-8-16(9-5-2)14-23-19-13-7-11-17(20-19)18(22)12-6-10-15(3)21/h7,11,13,16,18,22H,4-6,8-10,12,14H2,1-3H3. The molecule has 1 atom stereocenters. The fourth-order valence-electron chi connectivity index (χ4n) is 2.72. The molecular weight excluding hydrogens is 290 g/mol. The van der Waals surface area contributed by atoms with E-state index in [9.17, 15) is 9.90 Å². The van der Waals surface area contributed by atoms with Crippen molar-refractivity contribution in [2.24, 2.45) is 5.92 Å². The van der Waals surface area contributed by atoms with Crippen LogP contribution in [-0.2, 0) is 4.79 Å². The highest BCUT2D eigenvalue weighted by atomic mass is 16.5. The molecule has 0 aromatic carbocycles. The van der Waals surface area contributed by atoms with E-state index in [1.54, 1.807) is 13.0 Å². The predicted molar refractivity (Wildman–Crippen MR) is 92.5 cm³/mol. The minimum atomic E-state index is -0.639. The van der Waals surface area contributed by atoms with Gasteiger partial charge in [-0.2, -0.15) is 0 Å². The molecule has 0 spiro atoms. The Labute approximate surface area is 140 Å². The summed E-state index contributed by atoms with van der Waals surface area (Å²) in [6.07, 6.45) is 5.75. The van der Waals surface area contributed by atoms with Crippen LogP contribution >= 0.6 is 0 Å². The Morgan fingerprint density at radius 1 is 1.22 bits per heavy atom. The molecule has 0 bridgehead atoms. The van der Waals surface area contributed by atoms with E-state index in [-0.39, 0.29) is 5.78 Å². The molecule has 4 nitrogen and oxygen atoms in total. The molecule has 0 saturated heterocycles. The van der Waals surface area contributed by atoms with Gasteiger partial charge in [0.05, 0.1) is 18.4 Å². The molecule has 0 radical (unpaired) electrons. The number of rotatable bonds is 12. The first-order chi connectivity index (χ1) is 11.1. The van der Waals surface area contributed by atoms with Gasteiger partial charge in [-0.1, -0.05) is 32.8 Å². The lowest BCUT2D eigenvalue weighted by molar-refractivity contribution is -0.117. The summed E-state index contributed by atoms with van der Waals surface area (Å²) in [7, 11) is 0. The summed E-state index contributed by atoms with van der Waals surface area (Å²) in [5, 5.41) is 10.2. The van der Waals surface area contributed by atoms with Gasteiger partial charge in [-0.05, 0) is 44.6 Å². The zero-order valence-electron chi connectivity index (χ0n) is 14.8. The zero-order valence-corrected chi connectivity index (χ0v) is 14.8. The number of carbonyl (C=O) groups is 1. The molecule has 1 heterocycles. The second kappa shape index (κ2) is 11.2. The molecule has 0 fully saturated rings. The second-order valence-corrected chi connectivity index (χ2v) is 6.27. The highest BCUT2D eigenvalue weighted by Gasteiger charge is 2.12. The van der Waals surface area contributed by atoms with E-state index < -0.39 is 6.10 Å². The predicted octanol–water partition coefficient (Wildman–Crippen LogP) is 4.47. The van der Waals surface area contributed by atoms with Crippen LogP contribution in [0.25, 0.3) is 0 Å². The summed E-state index contributed by atoms with van der Waals surface area (Å²) in [6.45, 7) is 6.64. The van der Waals surface area contributed by atoms with Gasteiger partial charge in [0.2, 0.25) is 5.88 Å². The van der Waals surface area contributed by atoms with E-state index in [4.69, 9.17) is 4.74 Å². The normalized spacial score (nSPS) is 12.4. The summed E-state index contributed by atoms with van der Waals surface area (Å²) in [6, 6.07) is 5.50. The van der Waals surface area contributed by atoms with Crippen LogP contribution in [0.2, 0.25) is 0 Å². The van der Waals surface area contributed by atoms with E-state index in [0.29, 0.717) is 43.4 Å². The molecule has 1 aromatic rings. The van der Waals surface area contributed by atoms with Gasteiger partial charge in [0.25, 0.3) is 0 Å². The van der Waals surface area contributed by atoms with E-state index >= 15 is 0 Å². The van der Waals surface area contributed by atoms with Crippen LogP contribution in [0.1, 0.15) is 77.5 Å². The Kier molecular flexibility index (Phi) is 9.53. The van der Waals surface area contributed by atoms with E-state index in [1.807, 2.05) is 12.1 Å². The van der Waals surface area contributed by atoms with Gasteiger partial charge in [0.1, 0.15) is 5.78 Å². The van der Waals surface area contributed by atoms with Crippen LogP contribution in [-0.4, -0.2) is 22.5 Å². The van der Waals surface area contributed by atoms with E-state index in [0.717, 1.165) is 12.8 Å². The first kappa shape index (κ1) is 19.6. The third-order valence-electron chi connectivity index (χ3n) is 3.95. The molecule has 0 aliphatic carbocycles. The molecule has 1 N–H and O–H groups in total. The first-order valence-electron chi connectivity index (χ1n) is 8.84. The van der Waals surface area contributed by atoms with Gasteiger partial charge in [-0.25, -0.2) is 4.98 Å². The maximum atomic E-state index is 11.0. The number of pyridine rings is 1. The maximum absolute atomic E-state index is 11.0. The van der Waals surface area contributed by atoms with Crippen LogP contribution in [0.4, 0.5) is 0 Å². The van der Waals surface area contributed by atoms with Gasteiger partial charge in [0, 0.05) is 12.5 Å². The van der Waals surface area contributed by atoms with Gasteiger partial charge in [-0.3, -0.25) is 0 Å². The van der Waals surface area contributed by atoms with Gasteiger partial charge in [-0.15, -0.1) is 0 Å². The minimum Gasteiger partial charge on any atom is -0.477 e. The Bertz CT molecular complexity index is 456. The number of carbonyl (C=O) groups excluding carboxylic acids is 1. The van der Waals surface area contributed by atoms with Crippen molar-refractivity contribution in [3.63, 3.8) is 0 Å². The van der Waals surface area contributed by atoms with Crippen molar-refractivity contribution in [2.45, 2.75) is 71.8 Å². The number of hydrogen-bond acceptors (Lipinski definition) is 4. The van der Waals surface area contributed by atoms with E-state index in [2.05, 4.69) is 18.8 Å². The summed E-state index contributed by atoms with van der Waals surface area (Å²) in [5.74, 6) is 1.29. The van der Waals surface area contributed by atoms with Crippen molar-refractivity contribution in [2.75, 3.05) is 6.61 Å². The van der Waals surface area contributed by atoms with Crippen molar-refractivity contribution in [1.82, 2.24) is 4.98 Å². The van der Waals surface area contributed by atoms with Crippen molar-refractivity contribution in [1.29, 1.82) is 0 Å². The first-order valence-corrected chi connectivity index (χ1v) is 8.84. The molecule has 1 unspecified atom stereocenters. The number of ketones is 1. The summed E-state index contributed by atoms with van der Waals surface area (Å²) < 4.78 is 5.83.